The van der Waals surface area contributed by atoms with Crippen molar-refractivity contribution in [3.8, 4) is 6.07 Å². The number of sulfonamides is 1. The second kappa shape index (κ2) is 7.35. The van der Waals surface area contributed by atoms with E-state index in [4.69, 9.17) is 5.26 Å². The number of hydrogen-bond acceptors (Lipinski definition) is 8. The number of anilines is 1. The van der Waals surface area contributed by atoms with Crippen LogP contribution in [-0.4, -0.2) is 42.8 Å². The summed E-state index contributed by atoms with van der Waals surface area (Å²) in [5.41, 5.74) is -0.541. The molecule has 126 valence electrons. The van der Waals surface area contributed by atoms with Crippen molar-refractivity contribution in [3.05, 3.63) is 45.5 Å². The van der Waals surface area contributed by atoms with Crippen molar-refractivity contribution in [3.63, 3.8) is 0 Å². The predicted molar refractivity (Wildman–Crippen MR) is 88.2 cm³/mol. The van der Waals surface area contributed by atoms with Gasteiger partial charge in [0.15, 0.2) is 0 Å². The molecule has 0 saturated carbocycles. The number of thiophene rings is 1. The molecular formula is C13H13N5O4S2. The largest absolute Gasteiger partial charge is 0.363 e. The number of nitrogens with one attached hydrogen (secondary N) is 1. The lowest BCUT2D eigenvalue weighted by Gasteiger charge is -2.16. The highest BCUT2D eigenvalue weighted by Crippen LogP contribution is 2.25. The smallest absolute Gasteiger partial charge is 0.328 e. The molecule has 2 aromatic rings. The Morgan fingerprint density at radius 2 is 2.25 bits per heavy atom. The molecule has 0 bridgehead atoms. The summed E-state index contributed by atoms with van der Waals surface area (Å²) in [4.78, 5) is 14.2. The zero-order valence-electron chi connectivity index (χ0n) is 12.5. The summed E-state index contributed by atoms with van der Waals surface area (Å²) in [6.07, 6.45) is 1.28. The number of rotatable bonds is 7. The van der Waals surface area contributed by atoms with Crippen LogP contribution in [0.15, 0.2) is 34.0 Å². The molecule has 0 atom stereocenters. The minimum Gasteiger partial charge on any atom is -0.363 e. The topological polar surface area (TPSA) is 129 Å². The van der Waals surface area contributed by atoms with Crippen molar-refractivity contribution in [1.82, 2.24) is 9.29 Å². The van der Waals surface area contributed by atoms with Gasteiger partial charge in [0.2, 0.25) is 5.82 Å². The van der Waals surface area contributed by atoms with Gasteiger partial charge < -0.3 is 5.32 Å². The van der Waals surface area contributed by atoms with E-state index in [0.29, 0.717) is 0 Å². The van der Waals surface area contributed by atoms with Gasteiger partial charge in [-0.05, 0) is 17.5 Å². The predicted octanol–water partition coefficient (Wildman–Crippen LogP) is 1.66. The molecule has 2 heterocycles. The number of nitro groups is 1. The van der Waals surface area contributed by atoms with E-state index >= 15 is 0 Å². The monoisotopic (exact) mass is 367 g/mol. The number of likely N-dealkylation sites (N-methyl/N-ethyl adjacent to an activating group) is 1. The summed E-state index contributed by atoms with van der Waals surface area (Å²) in [5.74, 6) is -0.0685. The lowest BCUT2D eigenvalue weighted by Crippen LogP contribution is -2.31. The standard InChI is InChI=1S/C13H13N5O4S2/c1-17(24(21,22)11-3-2-8-23-11)7-6-16-13-12(18(19)20)10(9-14)4-5-15-13/h2-5,8H,6-7H2,1H3,(H,15,16). The van der Waals surface area contributed by atoms with Crippen LogP contribution < -0.4 is 5.32 Å². The molecule has 2 aromatic heterocycles. The first kappa shape index (κ1) is 17.8. The first-order valence-corrected chi connectivity index (χ1v) is 8.97. The minimum absolute atomic E-state index is 0.0685. The average Bonchev–Trinajstić information content (AvgIpc) is 3.09. The minimum atomic E-state index is -3.58. The average molecular weight is 367 g/mol. The Bertz CT molecular complexity index is 874. The highest BCUT2D eigenvalue weighted by Gasteiger charge is 2.23. The van der Waals surface area contributed by atoms with Crippen LogP contribution in [-0.2, 0) is 10.0 Å². The molecule has 0 aromatic carbocycles. The molecule has 0 aliphatic rings. The Balaban J connectivity index is 2.08. The van der Waals surface area contributed by atoms with E-state index in [9.17, 15) is 18.5 Å². The van der Waals surface area contributed by atoms with E-state index in [0.717, 1.165) is 15.6 Å². The molecule has 9 nitrogen and oxygen atoms in total. The highest BCUT2D eigenvalue weighted by atomic mass is 32.2. The van der Waals surface area contributed by atoms with Gasteiger partial charge in [-0.1, -0.05) is 6.07 Å². The van der Waals surface area contributed by atoms with Crippen LogP contribution >= 0.6 is 11.3 Å². The van der Waals surface area contributed by atoms with Crippen molar-refractivity contribution < 1.29 is 13.3 Å². The molecule has 2 rings (SSSR count). The number of pyridine rings is 1. The molecule has 1 N–H and O–H groups in total. The first-order valence-electron chi connectivity index (χ1n) is 6.65. The maximum atomic E-state index is 12.3. The molecule has 0 aliphatic heterocycles. The first-order chi connectivity index (χ1) is 11.4. The SMILES string of the molecule is CN(CCNc1nccc(C#N)c1[N+](=O)[O-])S(=O)(=O)c1cccs1. The Hall–Kier alpha value is -2.55. The van der Waals surface area contributed by atoms with E-state index in [1.807, 2.05) is 0 Å². The van der Waals surface area contributed by atoms with Gasteiger partial charge in [0.25, 0.3) is 10.0 Å². The molecule has 24 heavy (non-hydrogen) atoms. The zero-order valence-corrected chi connectivity index (χ0v) is 14.2. The van der Waals surface area contributed by atoms with E-state index in [-0.39, 0.29) is 28.7 Å². The van der Waals surface area contributed by atoms with Gasteiger partial charge in [-0.15, -0.1) is 11.3 Å². The Morgan fingerprint density at radius 1 is 1.50 bits per heavy atom. The van der Waals surface area contributed by atoms with Crippen molar-refractivity contribution in [2.24, 2.45) is 0 Å². The second-order valence-corrected chi connectivity index (χ2v) is 7.83. The third-order valence-electron chi connectivity index (χ3n) is 3.11. The maximum absolute atomic E-state index is 12.3. The zero-order chi connectivity index (χ0) is 17.7. The van der Waals surface area contributed by atoms with Crippen molar-refractivity contribution in [1.29, 1.82) is 5.26 Å². The summed E-state index contributed by atoms with van der Waals surface area (Å²) in [7, 11) is -2.16. The van der Waals surface area contributed by atoms with Crippen LogP contribution in [0.4, 0.5) is 11.5 Å². The second-order valence-electron chi connectivity index (χ2n) is 4.61. The van der Waals surface area contributed by atoms with Gasteiger partial charge >= 0.3 is 5.69 Å². The third kappa shape index (κ3) is 3.67. The fourth-order valence-electron chi connectivity index (χ4n) is 1.87. The van der Waals surface area contributed by atoms with Crippen LogP contribution in [0.25, 0.3) is 0 Å². The molecule has 0 saturated heterocycles. The lowest BCUT2D eigenvalue weighted by atomic mass is 10.2. The fourth-order valence-corrected chi connectivity index (χ4v) is 4.25. The quantitative estimate of drug-likeness (QED) is 0.582. The van der Waals surface area contributed by atoms with Crippen molar-refractivity contribution in [2.75, 3.05) is 25.5 Å². The summed E-state index contributed by atoms with van der Waals surface area (Å²) in [6, 6.07) is 6.13. The van der Waals surface area contributed by atoms with E-state index < -0.39 is 20.6 Å². The van der Waals surface area contributed by atoms with Crippen LogP contribution in [0, 0.1) is 21.4 Å². The molecular weight excluding hydrogens is 354 g/mol. The van der Waals surface area contributed by atoms with Gasteiger partial charge in [-0.2, -0.15) is 9.57 Å². The Morgan fingerprint density at radius 3 is 2.83 bits per heavy atom. The third-order valence-corrected chi connectivity index (χ3v) is 6.34. The summed E-state index contributed by atoms with van der Waals surface area (Å²) < 4.78 is 25.9. The summed E-state index contributed by atoms with van der Waals surface area (Å²) in [5, 5.41) is 24.4. The molecule has 0 radical (unpaired) electrons. The molecule has 11 heteroatoms. The molecule has 0 amide bonds. The van der Waals surface area contributed by atoms with Crippen molar-refractivity contribution in [2.45, 2.75) is 4.21 Å². The van der Waals surface area contributed by atoms with Crippen LogP contribution in [0.3, 0.4) is 0 Å². The van der Waals surface area contributed by atoms with E-state index in [2.05, 4.69) is 10.3 Å². The normalized spacial score (nSPS) is 11.2. The number of nitrogens with zero attached hydrogens (tertiary/aromatic N) is 4. The van der Waals surface area contributed by atoms with Gasteiger partial charge in [0, 0.05) is 26.3 Å². The van der Waals surface area contributed by atoms with Gasteiger partial charge in [0.05, 0.1) is 4.92 Å². The number of aromatic nitrogens is 1. The van der Waals surface area contributed by atoms with Gasteiger partial charge in [0.1, 0.15) is 15.8 Å². The number of hydrogen-bond donors (Lipinski definition) is 1. The number of nitriles is 1. The van der Waals surface area contributed by atoms with Gasteiger partial charge in [-0.3, -0.25) is 10.1 Å². The lowest BCUT2D eigenvalue weighted by molar-refractivity contribution is -0.384. The summed E-state index contributed by atoms with van der Waals surface area (Å²) in [6.45, 7) is 0.180. The summed E-state index contributed by atoms with van der Waals surface area (Å²) >= 11 is 1.11. The maximum Gasteiger partial charge on any atom is 0.328 e. The van der Waals surface area contributed by atoms with Gasteiger partial charge in [-0.25, -0.2) is 13.4 Å². The van der Waals surface area contributed by atoms with Crippen LogP contribution in [0.1, 0.15) is 5.56 Å². The Labute approximate surface area is 142 Å². The van der Waals surface area contributed by atoms with Crippen molar-refractivity contribution >= 4 is 32.9 Å². The van der Waals surface area contributed by atoms with E-state index in [1.165, 1.54) is 25.4 Å². The van der Waals surface area contributed by atoms with Crippen LogP contribution in [0.2, 0.25) is 0 Å². The van der Waals surface area contributed by atoms with E-state index in [1.54, 1.807) is 17.5 Å². The Kier molecular flexibility index (Phi) is 5.45. The molecule has 0 spiro atoms. The van der Waals surface area contributed by atoms with Crippen LogP contribution in [0.5, 0.6) is 0 Å². The molecule has 0 unspecified atom stereocenters. The molecule has 0 aliphatic carbocycles. The fraction of sp³-hybridized carbons (Fsp3) is 0.231. The highest BCUT2D eigenvalue weighted by molar-refractivity contribution is 7.91. The molecule has 0 fully saturated rings.